The lowest BCUT2D eigenvalue weighted by Crippen LogP contribution is -2.62. The predicted molar refractivity (Wildman–Crippen MR) is 176 cm³/mol. The van der Waals surface area contributed by atoms with E-state index < -0.39 is 60.3 Å². The van der Waals surface area contributed by atoms with Crippen LogP contribution in [0.1, 0.15) is 121 Å². The smallest absolute Gasteiger partial charge is 0.308 e. The lowest BCUT2D eigenvalue weighted by Gasteiger charge is -2.64. The first kappa shape index (κ1) is 35.8. The van der Waals surface area contributed by atoms with Crippen LogP contribution in [-0.4, -0.2) is 70.7 Å². The molecule has 0 aromatic heterocycles. The molecule has 5 rings (SSSR count). The maximum atomic E-state index is 13.3. The summed E-state index contributed by atoms with van der Waals surface area (Å²) in [5.74, 6) is -2.06. The zero-order valence-electron chi connectivity index (χ0n) is 31.2. The largest absolute Gasteiger partial charge is 0.458 e. The van der Waals surface area contributed by atoms with Crippen molar-refractivity contribution in [1.29, 1.82) is 0 Å². The third-order valence-corrected chi connectivity index (χ3v) is 13.8. The zero-order chi connectivity index (χ0) is 36.2. The van der Waals surface area contributed by atoms with Crippen LogP contribution >= 0.6 is 0 Å². The fraction of sp³-hybridized carbons (Fsp3) is 0.895. The number of rotatable bonds is 9. The van der Waals surface area contributed by atoms with Crippen LogP contribution in [0.4, 0.5) is 0 Å². The minimum Gasteiger partial charge on any atom is -0.458 e. The number of hydrogen-bond acceptors (Lipinski definition) is 10. The first-order valence-corrected chi connectivity index (χ1v) is 18.5. The highest BCUT2D eigenvalue weighted by atomic mass is 16.7. The highest BCUT2D eigenvalue weighted by Crippen LogP contribution is 2.69. The highest BCUT2D eigenvalue weighted by molar-refractivity contribution is 5.82. The van der Waals surface area contributed by atoms with Crippen LogP contribution in [0.5, 0.6) is 0 Å². The monoisotopic (exact) mass is 678 g/mol. The second-order valence-corrected chi connectivity index (χ2v) is 16.5. The van der Waals surface area contributed by atoms with E-state index in [9.17, 15) is 30.8 Å². The van der Waals surface area contributed by atoms with E-state index in [1.165, 1.54) is 20.8 Å². The fourth-order valence-electron chi connectivity index (χ4n) is 11.5. The molecule has 272 valence electrons. The summed E-state index contributed by atoms with van der Waals surface area (Å²) in [4.78, 5) is 49.5. The van der Waals surface area contributed by atoms with Crippen molar-refractivity contribution in [2.24, 2.45) is 58.2 Å². The Morgan fingerprint density at radius 2 is 1.52 bits per heavy atom. The summed E-state index contributed by atoms with van der Waals surface area (Å²) in [6.45, 7) is 14.4. The Morgan fingerprint density at radius 3 is 2.15 bits per heavy atom. The number of esters is 3. The molecule has 0 radical (unpaired) electrons. The van der Waals surface area contributed by atoms with Gasteiger partial charge in [0.15, 0.2) is 24.1 Å². The number of carbonyl (C=O) groups excluding carboxylic acids is 4. The third kappa shape index (κ3) is 6.71. The van der Waals surface area contributed by atoms with Gasteiger partial charge in [0.05, 0.1) is 19.5 Å². The van der Waals surface area contributed by atoms with E-state index in [2.05, 4.69) is 27.7 Å². The van der Waals surface area contributed by atoms with Gasteiger partial charge in [-0.05, 0) is 111 Å². The quantitative estimate of drug-likeness (QED) is 0.241. The molecule has 5 aliphatic rings. The van der Waals surface area contributed by atoms with E-state index in [1.54, 1.807) is 6.92 Å². The first-order valence-electron chi connectivity index (χ1n) is 19.0. The molecule has 1 heterocycles. The molecule has 10 heteroatoms. The molecule has 0 bridgehead atoms. The van der Waals surface area contributed by atoms with Gasteiger partial charge < -0.3 is 29.2 Å². The van der Waals surface area contributed by atoms with Gasteiger partial charge in [-0.15, -0.1) is 0 Å². The number of aliphatic hydroxyl groups excluding tert-OH is 1. The molecular formula is C38H60O10. The number of ether oxygens (including phenoxy) is 4. The van der Waals surface area contributed by atoms with Crippen molar-refractivity contribution in [2.45, 2.75) is 156 Å². The van der Waals surface area contributed by atoms with E-state index in [0.717, 1.165) is 44.9 Å². The molecule has 5 fully saturated rings. The number of fused-ring (bicyclic) bond motifs is 5. The van der Waals surface area contributed by atoms with Gasteiger partial charge in [0.1, 0.15) is 0 Å². The SMILES string of the molecule is [3H]C1(O)C2C3CC[C@H]([C@H](C)CCC(=O)O[C@@H]4O[C@H](C(C)=O)[C@@H](OC(C)=O)[C@H](OC(C)=O)[C@H]4C)[C@@]3(C)CCC2[C@@]2(C)CC[C@@H](O)C[C@H]2[C@H]1CC. The van der Waals surface area contributed by atoms with Crippen molar-refractivity contribution in [2.75, 3.05) is 0 Å². The summed E-state index contributed by atoms with van der Waals surface area (Å²) in [5.41, 5.74) is -0.0487. The minimum atomic E-state index is -1.54. The van der Waals surface area contributed by atoms with Crippen LogP contribution in [0, 0.1) is 58.2 Å². The number of hydrogen-bond donors (Lipinski definition) is 2. The van der Waals surface area contributed by atoms with E-state index >= 15 is 0 Å². The zero-order valence-corrected chi connectivity index (χ0v) is 30.2. The molecule has 1 saturated heterocycles. The lowest BCUT2D eigenvalue weighted by atomic mass is 9.41. The molecule has 4 unspecified atom stereocenters. The molecule has 16 atom stereocenters. The van der Waals surface area contributed by atoms with Crippen LogP contribution in [0.15, 0.2) is 0 Å². The molecule has 0 amide bonds. The normalized spacial score (nSPS) is 47.8. The Kier molecular flexibility index (Phi) is 10.7. The summed E-state index contributed by atoms with van der Waals surface area (Å²) >= 11 is 0. The minimum absolute atomic E-state index is 0.0129. The average molecular weight is 679 g/mol. The molecular weight excluding hydrogens is 616 g/mol. The Morgan fingerprint density at radius 1 is 0.896 bits per heavy atom. The van der Waals surface area contributed by atoms with Crippen LogP contribution in [0.3, 0.4) is 0 Å². The number of Topliss-reactive ketones (excluding diaryl/α,β-unsaturated/α-hetero) is 1. The van der Waals surface area contributed by atoms with Gasteiger partial charge in [0, 0.05) is 20.3 Å². The second-order valence-electron chi connectivity index (χ2n) is 16.5. The maximum Gasteiger partial charge on any atom is 0.308 e. The Labute approximate surface area is 287 Å². The van der Waals surface area contributed by atoms with Crippen molar-refractivity contribution in [3.8, 4) is 0 Å². The number of aliphatic hydroxyl groups is 2. The molecule has 48 heavy (non-hydrogen) atoms. The van der Waals surface area contributed by atoms with Crippen molar-refractivity contribution >= 4 is 23.7 Å². The van der Waals surface area contributed by atoms with Crippen molar-refractivity contribution in [3.05, 3.63) is 0 Å². The van der Waals surface area contributed by atoms with Gasteiger partial charge in [-0.25, -0.2) is 0 Å². The van der Waals surface area contributed by atoms with E-state index in [-0.39, 0.29) is 58.9 Å². The summed E-state index contributed by atoms with van der Waals surface area (Å²) < 4.78 is 32.0. The second kappa shape index (κ2) is 14.3. The van der Waals surface area contributed by atoms with Crippen LogP contribution < -0.4 is 0 Å². The fourth-order valence-corrected chi connectivity index (χ4v) is 11.5. The van der Waals surface area contributed by atoms with Crippen LogP contribution in [0.2, 0.25) is 0 Å². The Bertz CT molecular complexity index is 1270. The summed E-state index contributed by atoms with van der Waals surface area (Å²) in [5, 5.41) is 22.7. The molecule has 0 aromatic carbocycles. The van der Waals surface area contributed by atoms with Gasteiger partial charge in [-0.2, -0.15) is 0 Å². The Balaban J connectivity index is 1.26. The van der Waals surface area contributed by atoms with Gasteiger partial charge in [0.2, 0.25) is 6.29 Å². The molecule has 10 nitrogen and oxygen atoms in total. The molecule has 1 aliphatic heterocycles. The topological polar surface area (TPSA) is 146 Å². The van der Waals surface area contributed by atoms with Crippen LogP contribution in [-0.2, 0) is 38.1 Å². The molecule has 0 spiro atoms. The standard InChI is InChI=1S/C38H60O10/c1-9-25-29-18-24(42)14-16-38(29,8)28-15-17-37(7)26(11-12-27(37)31(28)32(25)44)19(2)10-13-30(43)47-36-20(3)33(45-22(5)40)35(46-23(6)41)34(48-36)21(4)39/h19-20,24-29,31-36,42,44H,9-18H2,1-8H3/t19-,20-,24-,25-,26-,27?,28?,29+,31?,32?,33-,34-,35+,36-,37-,38-/m1/s1/i32T. The molecule has 4 aliphatic carbocycles. The predicted octanol–water partition coefficient (Wildman–Crippen LogP) is 5.39. The maximum absolute atomic E-state index is 13.3. The summed E-state index contributed by atoms with van der Waals surface area (Å²) in [7, 11) is 0. The highest BCUT2D eigenvalue weighted by Gasteiger charge is 2.65. The molecule has 0 aromatic rings. The molecule has 2 N–H and O–H groups in total. The first-order chi connectivity index (χ1) is 22.9. The Hall–Kier alpha value is -2.04. The third-order valence-electron chi connectivity index (χ3n) is 13.8. The van der Waals surface area contributed by atoms with E-state index in [4.69, 9.17) is 18.9 Å². The van der Waals surface area contributed by atoms with Crippen LogP contribution in [0.25, 0.3) is 0 Å². The number of ketones is 1. The van der Waals surface area contributed by atoms with Gasteiger partial charge in [-0.1, -0.05) is 41.0 Å². The van der Waals surface area contributed by atoms with Gasteiger partial charge in [0.25, 0.3) is 0 Å². The summed E-state index contributed by atoms with van der Waals surface area (Å²) in [6, 6.07) is 0. The van der Waals surface area contributed by atoms with Crippen molar-refractivity contribution in [3.63, 3.8) is 0 Å². The van der Waals surface area contributed by atoms with Crippen molar-refractivity contribution in [1.82, 2.24) is 0 Å². The van der Waals surface area contributed by atoms with Gasteiger partial charge in [-0.3, -0.25) is 19.2 Å². The lowest BCUT2D eigenvalue weighted by molar-refractivity contribution is -0.270. The molecule has 4 saturated carbocycles. The number of carbonyl (C=O) groups is 4. The van der Waals surface area contributed by atoms with Gasteiger partial charge >= 0.3 is 17.9 Å². The summed E-state index contributed by atoms with van der Waals surface area (Å²) in [6.07, 6.45) is 1.27. The van der Waals surface area contributed by atoms with Crippen molar-refractivity contribution < 1.29 is 49.7 Å². The van der Waals surface area contributed by atoms with E-state index in [1.807, 2.05) is 0 Å². The average Bonchev–Trinajstić information content (AvgIpc) is 3.36. The van der Waals surface area contributed by atoms with E-state index in [0.29, 0.717) is 18.8 Å².